The summed E-state index contributed by atoms with van der Waals surface area (Å²) in [6.07, 6.45) is 1.65. The number of alkyl halides is 1. The van der Waals surface area contributed by atoms with Crippen LogP contribution in [-0.4, -0.2) is 36.0 Å². The molecule has 0 spiro atoms. The van der Waals surface area contributed by atoms with Gasteiger partial charge in [0.1, 0.15) is 0 Å². The minimum Gasteiger partial charge on any atom is -0.379 e. The fourth-order valence-electron chi connectivity index (χ4n) is 1.78. The van der Waals surface area contributed by atoms with Crippen molar-refractivity contribution in [2.75, 3.05) is 25.1 Å². The second kappa shape index (κ2) is 7.21. The molecule has 5 heteroatoms. The summed E-state index contributed by atoms with van der Waals surface area (Å²) < 4.78 is 5.28. The summed E-state index contributed by atoms with van der Waals surface area (Å²) in [7, 11) is 0. The standard InChI is InChI=1S/C14H15BrN2O2/c15-6-9-19-10-8-17-14(18)12-5-7-16-13-4-2-1-3-11(12)13/h1-5,7H,6,8-10H2,(H,17,18). The third-order valence-electron chi connectivity index (χ3n) is 2.65. The van der Waals surface area contributed by atoms with E-state index in [1.54, 1.807) is 12.3 Å². The lowest BCUT2D eigenvalue weighted by Gasteiger charge is -2.07. The number of nitrogens with one attached hydrogen (secondary N) is 1. The SMILES string of the molecule is O=C(NCCOCCBr)c1ccnc2ccccc12. The van der Waals surface area contributed by atoms with E-state index in [0.29, 0.717) is 25.3 Å². The van der Waals surface area contributed by atoms with E-state index in [1.807, 2.05) is 24.3 Å². The van der Waals surface area contributed by atoms with E-state index in [1.165, 1.54) is 0 Å². The summed E-state index contributed by atoms with van der Waals surface area (Å²) in [6.45, 7) is 1.66. The molecular formula is C14H15BrN2O2. The molecule has 0 saturated carbocycles. The molecule has 0 fully saturated rings. The Labute approximate surface area is 120 Å². The van der Waals surface area contributed by atoms with Crippen LogP contribution in [0.4, 0.5) is 0 Å². The Morgan fingerprint density at radius 1 is 1.26 bits per heavy atom. The average Bonchev–Trinajstić information content (AvgIpc) is 2.46. The van der Waals surface area contributed by atoms with Gasteiger partial charge in [0.15, 0.2) is 0 Å². The summed E-state index contributed by atoms with van der Waals surface area (Å²) in [5, 5.41) is 4.51. The van der Waals surface area contributed by atoms with Crippen molar-refractivity contribution < 1.29 is 9.53 Å². The van der Waals surface area contributed by atoms with Crippen LogP contribution >= 0.6 is 15.9 Å². The molecule has 1 aromatic carbocycles. The van der Waals surface area contributed by atoms with Crippen molar-refractivity contribution in [1.29, 1.82) is 0 Å². The molecule has 0 aliphatic rings. The zero-order chi connectivity index (χ0) is 13.5. The number of fused-ring (bicyclic) bond motifs is 1. The molecule has 100 valence electrons. The first-order valence-electron chi connectivity index (χ1n) is 6.08. The van der Waals surface area contributed by atoms with Gasteiger partial charge in [0.25, 0.3) is 5.91 Å². The lowest BCUT2D eigenvalue weighted by atomic mass is 10.1. The predicted octanol–water partition coefficient (Wildman–Crippen LogP) is 2.38. The Balaban J connectivity index is 2.01. The third-order valence-corrected chi connectivity index (χ3v) is 2.97. The first-order valence-corrected chi connectivity index (χ1v) is 7.20. The Kier molecular flexibility index (Phi) is 5.30. The van der Waals surface area contributed by atoms with Crippen LogP contribution < -0.4 is 5.32 Å². The molecule has 4 nitrogen and oxygen atoms in total. The average molecular weight is 323 g/mol. The summed E-state index contributed by atoms with van der Waals surface area (Å²) in [5.74, 6) is -0.0963. The minimum atomic E-state index is -0.0963. The van der Waals surface area contributed by atoms with E-state index in [2.05, 4.69) is 26.2 Å². The zero-order valence-electron chi connectivity index (χ0n) is 10.4. The molecular weight excluding hydrogens is 308 g/mol. The van der Waals surface area contributed by atoms with Gasteiger partial charge in [-0.1, -0.05) is 34.1 Å². The highest BCUT2D eigenvalue weighted by Gasteiger charge is 2.09. The highest BCUT2D eigenvalue weighted by atomic mass is 79.9. The fourth-order valence-corrected chi connectivity index (χ4v) is 2.01. The molecule has 1 aromatic heterocycles. The van der Waals surface area contributed by atoms with Crippen molar-refractivity contribution in [3.05, 3.63) is 42.1 Å². The number of para-hydroxylation sites is 1. The molecule has 2 aromatic rings. The van der Waals surface area contributed by atoms with Crippen LogP contribution in [0.15, 0.2) is 36.5 Å². The normalized spacial score (nSPS) is 10.6. The van der Waals surface area contributed by atoms with Crippen molar-refractivity contribution in [3.63, 3.8) is 0 Å². The third kappa shape index (κ3) is 3.75. The molecule has 1 N–H and O–H groups in total. The van der Waals surface area contributed by atoms with Gasteiger partial charge in [-0.25, -0.2) is 0 Å². The van der Waals surface area contributed by atoms with Crippen molar-refractivity contribution in [2.45, 2.75) is 0 Å². The molecule has 0 radical (unpaired) electrons. The van der Waals surface area contributed by atoms with Crippen molar-refractivity contribution in [1.82, 2.24) is 10.3 Å². The van der Waals surface area contributed by atoms with Gasteiger partial charge in [0, 0.05) is 23.5 Å². The molecule has 0 bridgehead atoms. The zero-order valence-corrected chi connectivity index (χ0v) is 12.0. The van der Waals surface area contributed by atoms with Crippen LogP contribution in [0.1, 0.15) is 10.4 Å². The highest BCUT2D eigenvalue weighted by Crippen LogP contribution is 2.15. The van der Waals surface area contributed by atoms with Gasteiger partial charge in [0.05, 0.1) is 24.3 Å². The van der Waals surface area contributed by atoms with Crippen LogP contribution in [0.5, 0.6) is 0 Å². The smallest absolute Gasteiger partial charge is 0.252 e. The van der Waals surface area contributed by atoms with Crippen LogP contribution in [0.2, 0.25) is 0 Å². The van der Waals surface area contributed by atoms with Crippen LogP contribution in [0.3, 0.4) is 0 Å². The van der Waals surface area contributed by atoms with Crippen LogP contribution in [0.25, 0.3) is 10.9 Å². The predicted molar refractivity (Wildman–Crippen MR) is 78.7 cm³/mol. The minimum absolute atomic E-state index is 0.0963. The topological polar surface area (TPSA) is 51.2 Å². The number of amides is 1. The van der Waals surface area contributed by atoms with E-state index < -0.39 is 0 Å². The van der Waals surface area contributed by atoms with Gasteiger partial charge in [-0.15, -0.1) is 0 Å². The molecule has 0 unspecified atom stereocenters. The molecule has 1 heterocycles. The Bertz CT molecular complexity index is 555. The maximum absolute atomic E-state index is 12.1. The number of hydrogen-bond donors (Lipinski definition) is 1. The lowest BCUT2D eigenvalue weighted by Crippen LogP contribution is -2.27. The number of aromatic nitrogens is 1. The molecule has 0 aliphatic heterocycles. The Hall–Kier alpha value is -1.46. The number of ether oxygens (including phenoxy) is 1. The maximum atomic E-state index is 12.1. The molecule has 19 heavy (non-hydrogen) atoms. The van der Waals surface area contributed by atoms with Gasteiger partial charge >= 0.3 is 0 Å². The Morgan fingerprint density at radius 2 is 2.11 bits per heavy atom. The monoisotopic (exact) mass is 322 g/mol. The van der Waals surface area contributed by atoms with Crippen molar-refractivity contribution >= 4 is 32.7 Å². The van der Waals surface area contributed by atoms with Crippen molar-refractivity contribution in [2.24, 2.45) is 0 Å². The highest BCUT2D eigenvalue weighted by molar-refractivity contribution is 9.09. The van der Waals surface area contributed by atoms with E-state index in [-0.39, 0.29) is 5.91 Å². The quantitative estimate of drug-likeness (QED) is 0.656. The second-order valence-electron chi connectivity index (χ2n) is 3.93. The van der Waals surface area contributed by atoms with E-state index in [4.69, 9.17) is 4.74 Å². The maximum Gasteiger partial charge on any atom is 0.252 e. The lowest BCUT2D eigenvalue weighted by molar-refractivity contribution is 0.0925. The summed E-state index contributed by atoms with van der Waals surface area (Å²) in [6, 6.07) is 9.34. The number of carbonyl (C=O) groups is 1. The fraction of sp³-hybridized carbons (Fsp3) is 0.286. The number of pyridine rings is 1. The molecule has 2 rings (SSSR count). The molecule has 1 amide bonds. The number of nitrogens with zero attached hydrogens (tertiary/aromatic N) is 1. The number of rotatable bonds is 6. The molecule has 0 atom stereocenters. The Morgan fingerprint density at radius 3 is 2.95 bits per heavy atom. The van der Waals surface area contributed by atoms with Gasteiger partial charge < -0.3 is 10.1 Å². The van der Waals surface area contributed by atoms with E-state index in [9.17, 15) is 4.79 Å². The van der Waals surface area contributed by atoms with E-state index in [0.717, 1.165) is 16.2 Å². The van der Waals surface area contributed by atoms with Crippen LogP contribution in [0, 0.1) is 0 Å². The second-order valence-corrected chi connectivity index (χ2v) is 4.73. The first-order chi connectivity index (χ1) is 9.33. The molecule has 0 aliphatic carbocycles. The largest absolute Gasteiger partial charge is 0.379 e. The van der Waals surface area contributed by atoms with Crippen molar-refractivity contribution in [3.8, 4) is 0 Å². The van der Waals surface area contributed by atoms with Gasteiger partial charge in [-0.05, 0) is 12.1 Å². The molecule has 0 saturated heterocycles. The summed E-state index contributed by atoms with van der Waals surface area (Å²) in [4.78, 5) is 16.3. The van der Waals surface area contributed by atoms with E-state index >= 15 is 0 Å². The number of carbonyl (C=O) groups excluding carboxylic acids is 1. The summed E-state index contributed by atoms with van der Waals surface area (Å²) >= 11 is 3.27. The van der Waals surface area contributed by atoms with Gasteiger partial charge in [-0.2, -0.15) is 0 Å². The summed E-state index contributed by atoms with van der Waals surface area (Å²) in [5.41, 5.74) is 1.47. The number of halogens is 1. The number of benzene rings is 1. The van der Waals surface area contributed by atoms with Gasteiger partial charge in [0.2, 0.25) is 0 Å². The first kappa shape index (κ1) is 14.0. The van der Waals surface area contributed by atoms with Crippen LogP contribution in [-0.2, 0) is 4.74 Å². The number of hydrogen-bond acceptors (Lipinski definition) is 3. The van der Waals surface area contributed by atoms with Gasteiger partial charge in [-0.3, -0.25) is 9.78 Å².